The predicted octanol–water partition coefficient (Wildman–Crippen LogP) is 35.0. The van der Waals surface area contributed by atoms with E-state index in [0.717, 1.165) is 138 Å². The Labute approximate surface area is 760 Å². The number of anilines is 6. The third kappa shape index (κ3) is 12.6. The second kappa shape index (κ2) is 30.4. The molecule has 0 atom stereocenters. The molecule has 26 aromatic rings. The summed E-state index contributed by atoms with van der Waals surface area (Å²) in [7, 11) is 0. The van der Waals surface area contributed by atoms with Crippen LogP contribution in [0.3, 0.4) is 0 Å². The van der Waals surface area contributed by atoms with Crippen molar-refractivity contribution in [2.24, 2.45) is 0 Å². The van der Waals surface area contributed by atoms with Crippen molar-refractivity contribution in [3.05, 3.63) is 448 Å². The summed E-state index contributed by atoms with van der Waals surface area (Å²) in [6.45, 7) is 0. The lowest BCUT2D eigenvalue weighted by Crippen LogP contribution is -2.09. The SMILES string of the molecule is [2H]c1c([2H])c(N(c2ccc(-c3cccc4oc5ccccc5c34)cc2)c2ccc(-c3cccc4oc5ccccc5c34)cc2)c([2H])c([2H])c1-c1ccccc1-c1cccc2c1oc1ccccc12.[2H]c1c([2H])c([2H])c2c(oc3c([2H])c([2H])c([2H])c(-c4ccc(N(c5ccc(-c6cccc(-c7ccc8oc9ccccc9c8c7)c6)cc5)c5ccc(-c6c([2H])c([2H])c([2H])c7oc8c([2H])c([2H])c([2H])c([2H])c8c67)cc5)cc4)c32)c1[2H]. The van der Waals surface area contributed by atoms with E-state index in [1.807, 2.05) is 252 Å². The zero-order valence-corrected chi connectivity index (χ0v) is 67.7. The van der Waals surface area contributed by atoms with Crippen LogP contribution in [-0.2, 0) is 0 Å². The monoisotopic (exact) mass is 1660 g/mol. The highest BCUT2D eigenvalue weighted by Gasteiger charge is 2.24. The van der Waals surface area contributed by atoms with E-state index >= 15 is 0 Å². The summed E-state index contributed by atoms with van der Waals surface area (Å²) in [6.07, 6.45) is 0. The number of nitrogens with zero attached hydrogens (tertiary/aromatic N) is 2. The zero-order chi connectivity index (χ0) is 99.9. The van der Waals surface area contributed by atoms with Crippen LogP contribution in [0.15, 0.2) is 475 Å². The number of para-hydroxylation sites is 7. The highest BCUT2D eigenvalue weighted by molar-refractivity contribution is 6.17. The van der Waals surface area contributed by atoms with Gasteiger partial charge in [0.25, 0.3) is 0 Å². The van der Waals surface area contributed by atoms with Crippen LogP contribution in [0.25, 0.3) is 221 Å². The predicted molar refractivity (Wildman–Crippen MR) is 529 cm³/mol. The lowest BCUT2D eigenvalue weighted by molar-refractivity contribution is 0.668. The van der Waals surface area contributed by atoms with E-state index < -0.39 is 72.5 Å². The number of furan rings is 6. The maximum Gasteiger partial charge on any atom is 0.143 e. The van der Waals surface area contributed by atoms with Crippen molar-refractivity contribution in [3.63, 3.8) is 0 Å². The fraction of sp³-hybridized carbons (Fsp3) is 0. The summed E-state index contributed by atoms with van der Waals surface area (Å²) < 4.78 is 197. The Morgan fingerprint density at radius 2 is 0.492 bits per heavy atom. The van der Waals surface area contributed by atoms with E-state index in [1.54, 1.807) is 48.5 Å². The Kier molecular flexibility index (Phi) is 13.6. The van der Waals surface area contributed by atoms with Crippen LogP contribution >= 0.6 is 0 Å². The molecule has 0 unspecified atom stereocenters. The Hall–Kier alpha value is -17.2. The number of hydrogen-bond acceptors (Lipinski definition) is 8. The van der Waals surface area contributed by atoms with E-state index in [4.69, 9.17) is 45.7 Å². The van der Waals surface area contributed by atoms with E-state index in [0.29, 0.717) is 50.7 Å². The van der Waals surface area contributed by atoms with Crippen LogP contribution in [0.5, 0.6) is 0 Å². The van der Waals surface area contributed by atoms with Crippen molar-refractivity contribution in [1.29, 1.82) is 0 Å². The first-order chi connectivity index (χ1) is 70.9. The molecule has 600 valence electrons. The minimum Gasteiger partial charge on any atom is -0.456 e. The molecule has 128 heavy (non-hydrogen) atoms. The average Bonchev–Trinajstić information content (AvgIpc) is 1.54. The van der Waals surface area contributed by atoms with Gasteiger partial charge in [-0.3, -0.25) is 0 Å². The van der Waals surface area contributed by atoms with E-state index in [-0.39, 0.29) is 103 Å². The highest BCUT2D eigenvalue weighted by Crippen LogP contribution is 2.48. The summed E-state index contributed by atoms with van der Waals surface area (Å²) >= 11 is 0. The van der Waals surface area contributed by atoms with E-state index in [1.165, 1.54) is 0 Å². The van der Waals surface area contributed by atoms with Gasteiger partial charge in [-0.2, -0.15) is 0 Å². The molecule has 8 heteroatoms. The first kappa shape index (κ1) is 57.2. The molecule has 8 nitrogen and oxygen atoms in total. The van der Waals surface area contributed by atoms with Crippen molar-refractivity contribution in [1.82, 2.24) is 0 Å². The van der Waals surface area contributed by atoms with Gasteiger partial charge < -0.3 is 36.3 Å². The van der Waals surface area contributed by atoms with Crippen molar-refractivity contribution in [3.8, 4) is 89.0 Å². The van der Waals surface area contributed by atoms with Crippen LogP contribution < -0.4 is 9.80 Å². The summed E-state index contributed by atoms with van der Waals surface area (Å²) in [5.74, 6) is 0. The van der Waals surface area contributed by atoms with Crippen molar-refractivity contribution < 1.29 is 51.2 Å². The summed E-state index contributed by atoms with van der Waals surface area (Å²) in [4.78, 5) is 3.80. The molecule has 26 rings (SSSR count). The van der Waals surface area contributed by atoms with Crippen LogP contribution in [0, 0.1) is 0 Å². The lowest BCUT2D eigenvalue weighted by Gasteiger charge is -2.26. The van der Waals surface area contributed by atoms with Crippen LogP contribution in [-0.4, -0.2) is 0 Å². The molecule has 20 aromatic carbocycles. The third-order valence-electron chi connectivity index (χ3n) is 24.2. The van der Waals surface area contributed by atoms with E-state index in [9.17, 15) is 5.48 Å². The molecule has 6 aromatic heterocycles. The van der Waals surface area contributed by atoms with Gasteiger partial charge in [0.1, 0.15) is 67.0 Å². The summed E-state index contributed by atoms with van der Waals surface area (Å²) in [5, 5.41) is 8.38. The molecular formula is C120H74N2O6. The molecule has 0 amide bonds. The first-order valence-corrected chi connectivity index (χ1v) is 41.8. The zero-order valence-electron chi connectivity index (χ0n) is 85.7. The fourth-order valence-electron chi connectivity index (χ4n) is 18.2. The maximum absolute atomic E-state index is 9.81. The Balaban J connectivity index is 0.000000154. The standard InChI is InChI=1S/2C60H37NO3/c1-4-17-53-49(12-1)52-37-43(28-35-56(52)62-53)42-11-7-10-41(36-42)38-22-29-44(30-23-38)61(45-31-24-39(25-32-45)47-15-8-20-57-59(47)50-13-2-5-18-54(50)63-57)46-33-26-40(27-34-46)48-16-9-21-58-60(48)51-14-3-6-19-55(51)64-58;1-2-13-47(49-19-9-20-50-48-14-3-6-21-53(48)64-60(49)50)44(12-1)38-26-32-41(33-27-38)61(42-34-28-39(29-35-42)45-17-10-24-56-58(45)51-15-4-7-22-54(51)62-56)43-36-30-40(31-37-43)46-18-11-25-57-59(46)52-16-5-8-23-55(52)63-57/h2*1-37H/i2D,3D,5D,6D,8D,9D,13D,14D,15D,16D,18D,19D,20D,21D;26D,27D,32D,33D. The van der Waals surface area contributed by atoms with Gasteiger partial charge in [0.15, 0.2) is 0 Å². The van der Waals surface area contributed by atoms with Crippen molar-refractivity contribution in [2.75, 3.05) is 9.80 Å². The normalized spacial score (nSPS) is 13.7. The minimum atomic E-state index is -0.514. The maximum atomic E-state index is 9.81. The molecule has 0 saturated heterocycles. The topological polar surface area (TPSA) is 85.3 Å². The van der Waals surface area contributed by atoms with Crippen molar-refractivity contribution in [2.45, 2.75) is 0 Å². The fourth-order valence-corrected chi connectivity index (χ4v) is 18.2. The molecule has 0 radical (unpaired) electrons. The highest BCUT2D eigenvalue weighted by atomic mass is 16.3. The van der Waals surface area contributed by atoms with Gasteiger partial charge in [0, 0.05) is 104 Å². The summed E-state index contributed by atoms with van der Waals surface area (Å²) in [5.41, 5.74) is 20.5. The van der Waals surface area contributed by atoms with Crippen LogP contribution in [0.1, 0.15) is 24.7 Å². The molecule has 0 aliphatic heterocycles. The van der Waals surface area contributed by atoms with Gasteiger partial charge in [-0.05, 0) is 235 Å². The Bertz CT molecular complexity index is 9620. The first-order valence-electron chi connectivity index (χ1n) is 50.8. The number of benzene rings is 20. The number of fused-ring (bicyclic) bond motifs is 18. The summed E-state index contributed by atoms with van der Waals surface area (Å²) in [6, 6.07) is 104. The second-order valence-corrected chi connectivity index (χ2v) is 31.4. The molecule has 0 saturated carbocycles. The number of rotatable bonds is 14. The Morgan fingerprint density at radius 1 is 0.156 bits per heavy atom. The van der Waals surface area contributed by atoms with Gasteiger partial charge in [0.05, 0.1) is 24.7 Å². The van der Waals surface area contributed by atoms with Gasteiger partial charge in [-0.1, -0.05) is 297 Å². The van der Waals surface area contributed by atoms with Gasteiger partial charge in [0.2, 0.25) is 0 Å². The molecule has 0 aliphatic rings. The molecule has 0 aliphatic carbocycles. The quantitative estimate of drug-likeness (QED) is 0.106. The van der Waals surface area contributed by atoms with E-state index in [2.05, 4.69) is 48.5 Å². The lowest BCUT2D eigenvalue weighted by atomic mass is 9.93. The third-order valence-corrected chi connectivity index (χ3v) is 24.2. The van der Waals surface area contributed by atoms with Gasteiger partial charge >= 0.3 is 0 Å². The molecule has 0 fully saturated rings. The second-order valence-electron chi connectivity index (χ2n) is 31.4. The average molecular weight is 1660 g/mol. The molecule has 0 spiro atoms. The molecule has 0 N–H and O–H groups in total. The smallest absolute Gasteiger partial charge is 0.143 e. The Morgan fingerprint density at radius 3 is 1.02 bits per heavy atom. The van der Waals surface area contributed by atoms with Crippen LogP contribution in [0.2, 0.25) is 0 Å². The largest absolute Gasteiger partial charge is 0.456 e. The molecular weight excluding hydrogens is 1570 g/mol. The van der Waals surface area contributed by atoms with Gasteiger partial charge in [-0.15, -0.1) is 0 Å². The molecule has 6 heterocycles. The minimum absolute atomic E-state index is 0.00357. The van der Waals surface area contributed by atoms with Crippen molar-refractivity contribution >= 4 is 166 Å². The van der Waals surface area contributed by atoms with Crippen LogP contribution in [0.4, 0.5) is 34.1 Å². The molecule has 0 bridgehead atoms. The van der Waals surface area contributed by atoms with Gasteiger partial charge in [-0.25, -0.2) is 0 Å². The number of hydrogen-bond donors (Lipinski definition) is 0.